The van der Waals surface area contributed by atoms with E-state index in [9.17, 15) is 14.0 Å². The van der Waals surface area contributed by atoms with E-state index in [2.05, 4.69) is 10.5 Å². The summed E-state index contributed by atoms with van der Waals surface area (Å²) >= 11 is 0. The summed E-state index contributed by atoms with van der Waals surface area (Å²) in [6.07, 6.45) is 1.45. The third-order valence-corrected chi connectivity index (χ3v) is 3.97. The van der Waals surface area contributed by atoms with Crippen LogP contribution >= 0.6 is 0 Å². The van der Waals surface area contributed by atoms with Crippen molar-refractivity contribution in [3.63, 3.8) is 0 Å². The van der Waals surface area contributed by atoms with Gasteiger partial charge in [0.25, 0.3) is 5.91 Å². The molecule has 3 aromatic carbocycles. The summed E-state index contributed by atoms with van der Waals surface area (Å²) in [5.41, 5.74) is 3.79. The Balaban J connectivity index is 1.70. The molecule has 3 rings (SSSR count). The first kappa shape index (κ1) is 20.7. The molecule has 1 N–H and O–H groups in total. The fourth-order valence-corrected chi connectivity index (χ4v) is 2.52. The summed E-state index contributed by atoms with van der Waals surface area (Å²) in [7, 11) is 0. The van der Waals surface area contributed by atoms with Gasteiger partial charge >= 0.3 is 5.97 Å². The van der Waals surface area contributed by atoms with Crippen LogP contribution in [0.1, 0.15) is 33.2 Å². The summed E-state index contributed by atoms with van der Waals surface area (Å²) in [4.78, 5) is 24.3. The second kappa shape index (κ2) is 9.97. The molecule has 0 fully saturated rings. The average molecular weight is 406 g/mol. The molecule has 0 unspecified atom stereocenters. The van der Waals surface area contributed by atoms with Gasteiger partial charge in [-0.2, -0.15) is 5.10 Å². The minimum Gasteiger partial charge on any atom is -0.490 e. The number of carbonyl (C=O) groups is 2. The van der Waals surface area contributed by atoms with E-state index < -0.39 is 11.8 Å². The van der Waals surface area contributed by atoms with Crippen molar-refractivity contribution in [2.24, 2.45) is 5.10 Å². The first-order valence-corrected chi connectivity index (χ1v) is 9.20. The van der Waals surface area contributed by atoms with E-state index in [0.29, 0.717) is 23.5 Å². The molecule has 0 aliphatic carbocycles. The number of amides is 1. The zero-order valence-corrected chi connectivity index (χ0v) is 16.2. The Morgan fingerprint density at radius 2 is 1.70 bits per heavy atom. The van der Waals surface area contributed by atoms with Crippen LogP contribution in [0.5, 0.6) is 11.5 Å². The average Bonchev–Trinajstić information content (AvgIpc) is 2.76. The zero-order chi connectivity index (χ0) is 21.3. The smallest absolute Gasteiger partial charge is 0.343 e. The zero-order valence-electron chi connectivity index (χ0n) is 16.2. The summed E-state index contributed by atoms with van der Waals surface area (Å²) in [5.74, 6) is -0.846. The highest BCUT2D eigenvalue weighted by Crippen LogP contribution is 2.29. The maximum Gasteiger partial charge on any atom is 0.343 e. The monoisotopic (exact) mass is 406 g/mol. The molecule has 0 bridgehead atoms. The van der Waals surface area contributed by atoms with Crippen LogP contribution in [0.15, 0.2) is 77.9 Å². The number of halogens is 1. The van der Waals surface area contributed by atoms with Crippen LogP contribution in [-0.4, -0.2) is 24.7 Å². The number of ether oxygens (including phenoxy) is 2. The van der Waals surface area contributed by atoms with Gasteiger partial charge in [0.05, 0.1) is 18.4 Å². The van der Waals surface area contributed by atoms with Crippen LogP contribution < -0.4 is 14.9 Å². The number of nitrogens with one attached hydrogen (secondary N) is 1. The molecule has 3 aromatic rings. The molecule has 6 nitrogen and oxygen atoms in total. The number of hydrogen-bond acceptors (Lipinski definition) is 5. The summed E-state index contributed by atoms with van der Waals surface area (Å²) in [5, 5.41) is 3.94. The number of esters is 1. The number of rotatable bonds is 7. The maximum atomic E-state index is 13.0. The van der Waals surface area contributed by atoms with Crippen molar-refractivity contribution in [1.29, 1.82) is 0 Å². The fraction of sp³-hybridized carbons (Fsp3) is 0.0870. The van der Waals surface area contributed by atoms with Gasteiger partial charge < -0.3 is 9.47 Å². The first-order valence-electron chi connectivity index (χ1n) is 9.20. The van der Waals surface area contributed by atoms with Crippen molar-refractivity contribution in [1.82, 2.24) is 5.43 Å². The van der Waals surface area contributed by atoms with Crippen LogP contribution in [-0.2, 0) is 0 Å². The van der Waals surface area contributed by atoms with E-state index in [0.717, 1.165) is 0 Å². The minimum absolute atomic E-state index is 0.216. The van der Waals surface area contributed by atoms with Gasteiger partial charge in [0.1, 0.15) is 5.82 Å². The normalized spacial score (nSPS) is 10.6. The van der Waals surface area contributed by atoms with Gasteiger partial charge in [0.15, 0.2) is 11.5 Å². The summed E-state index contributed by atoms with van der Waals surface area (Å²) < 4.78 is 23.9. The molecular formula is C23H19FN2O4. The summed E-state index contributed by atoms with van der Waals surface area (Å²) in [6, 6.07) is 18.6. The Morgan fingerprint density at radius 1 is 0.967 bits per heavy atom. The molecule has 0 aliphatic heterocycles. The largest absolute Gasteiger partial charge is 0.490 e. The molecule has 0 heterocycles. The summed E-state index contributed by atoms with van der Waals surface area (Å²) in [6.45, 7) is 2.15. The molecule has 0 aromatic heterocycles. The van der Waals surface area contributed by atoms with E-state index in [-0.39, 0.29) is 17.2 Å². The van der Waals surface area contributed by atoms with Crippen molar-refractivity contribution < 1.29 is 23.5 Å². The van der Waals surface area contributed by atoms with Crippen molar-refractivity contribution >= 4 is 18.1 Å². The Morgan fingerprint density at radius 3 is 2.40 bits per heavy atom. The topological polar surface area (TPSA) is 77.0 Å². The lowest BCUT2D eigenvalue weighted by atomic mass is 10.2. The molecule has 0 saturated carbocycles. The van der Waals surface area contributed by atoms with Gasteiger partial charge in [-0.05, 0) is 67.1 Å². The number of benzene rings is 3. The number of nitrogens with zero attached hydrogens (tertiary/aromatic N) is 1. The van der Waals surface area contributed by atoms with Gasteiger partial charge in [0.2, 0.25) is 0 Å². The second-order valence-electron chi connectivity index (χ2n) is 6.10. The Labute approximate surface area is 173 Å². The fourth-order valence-electron chi connectivity index (χ4n) is 2.52. The Kier molecular flexibility index (Phi) is 6.89. The van der Waals surface area contributed by atoms with Gasteiger partial charge in [-0.25, -0.2) is 14.6 Å². The molecule has 0 atom stereocenters. The van der Waals surface area contributed by atoms with E-state index in [1.807, 2.05) is 6.07 Å². The van der Waals surface area contributed by atoms with E-state index in [4.69, 9.17) is 9.47 Å². The van der Waals surface area contributed by atoms with Gasteiger partial charge in [0, 0.05) is 5.56 Å². The highest BCUT2D eigenvalue weighted by molar-refractivity contribution is 5.95. The number of hydrazone groups is 1. The standard InChI is InChI=1S/C23H19FN2O4/c1-2-29-21-14-16(15-25-26-22(27)17-6-4-3-5-7-17)8-13-20(21)30-23(28)18-9-11-19(24)12-10-18/h3-15H,2H2,1H3,(H,26,27)/b25-15-. The van der Waals surface area contributed by atoms with Crippen molar-refractivity contribution in [3.05, 3.63) is 95.3 Å². The molecular weight excluding hydrogens is 387 g/mol. The van der Waals surface area contributed by atoms with E-state index in [1.165, 1.54) is 30.5 Å². The molecule has 152 valence electrons. The van der Waals surface area contributed by atoms with Gasteiger partial charge in [-0.15, -0.1) is 0 Å². The van der Waals surface area contributed by atoms with Crippen molar-refractivity contribution in [3.8, 4) is 11.5 Å². The quantitative estimate of drug-likeness (QED) is 0.276. The van der Waals surface area contributed by atoms with Crippen LogP contribution in [0.25, 0.3) is 0 Å². The van der Waals surface area contributed by atoms with E-state index in [1.54, 1.807) is 49.4 Å². The lowest BCUT2D eigenvalue weighted by Gasteiger charge is -2.11. The SMILES string of the molecule is CCOc1cc(/C=N\NC(=O)c2ccccc2)ccc1OC(=O)c1ccc(F)cc1. The van der Waals surface area contributed by atoms with E-state index >= 15 is 0 Å². The van der Waals surface area contributed by atoms with Gasteiger partial charge in [-0.3, -0.25) is 4.79 Å². The van der Waals surface area contributed by atoms with Crippen molar-refractivity contribution in [2.45, 2.75) is 6.92 Å². The lowest BCUT2D eigenvalue weighted by molar-refractivity contribution is 0.0728. The number of carbonyl (C=O) groups excluding carboxylic acids is 2. The first-order chi connectivity index (χ1) is 14.6. The molecule has 0 aliphatic rings. The van der Waals surface area contributed by atoms with Crippen LogP contribution in [0.3, 0.4) is 0 Å². The Hall–Kier alpha value is -4.00. The molecule has 7 heteroatoms. The predicted molar refractivity (Wildman–Crippen MR) is 110 cm³/mol. The molecule has 0 radical (unpaired) electrons. The highest BCUT2D eigenvalue weighted by atomic mass is 19.1. The molecule has 0 saturated heterocycles. The van der Waals surface area contributed by atoms with Crippen LogP contribution in [0.4, 0.5) is 4.39 Å². The minimum atomic E-state index is -0.632. The third-order valence-electron chi connectivity index (χ3n) is 3.97. The van der Waals surface area contributed by atoms with Crippen LogP contribution in [0.2, 0.25) is 0 Å². The maximum absolute atomic E-state index is 13.0. The highest BCUT2D eigenvalue weighted by Gasteiger charge is 2.13. The lowest BCUT2D eigenvalue weighted by Crippen LogP contribution is -2.17. The second-order valence-corrected chi connectivity index (χ2v) is 6.10. The molecule has 0 spiro atoms. The van der Waals surface area contributed by atoms with Gasteiger partial charge in [-0.1, -0.05) is 18.2 Å². The molecule has 1 amide bonds. The van der Waals surface area contributed by atoms with Crippen molar-refractivity contribution in [2.75, 3.05) is 6.61 Å². The predicted octanol–water partition coefficient (Wildman–Crippen LogP) is 4.21. The van der Waals surface area contributed by atoms with Crippen LogP contribution in [0, 0.1) is 5.82 Å². The Bertz CT molecular complexity index is 1050. The third kappa shape index (κ3) is 5.51. The number of hydrogen-bond donors (Lipinski definition) is 1. The molecule has 30 heavy (non-hydrogen) atoms.